The van der Waals surface area contributed by atoms with Gasteiger partial charge in [0.1, 0.15) is 18.5 Å². The number of fused-ring (bicyclic) bond motifs is 7. The molecule has 13 atom stereocenters. The first-order valence-electron chi connectivity index (χ1n) is 26.2. The number of benzene rings is 2. The molecule has 360 valence electrons. The van der Waals surface area contributed by atoms with E-state index in [-0.39, 0.29) is 69.6 Å². The molecule has 10 rings (SSSR count). The van der Waals surface area contributed by atoms with E-state index in [1.807, 2.05) is 50.2 Å². The molecule has 8 heteroatoms. The number of nitrogens with zero attached hydrogens (tertiary/aromatic N) is 3. The average molecular weight is 910 g/mol. The van der Waals surface area contributed by atoms with Crippen molar-refractivity contribution >= 4 is 17.8 Å². The van der Waals surface area contributed by atoms with Crippen LogP contribution in [-0.2, 0) is 37.5 Å². The Bertz CT molecular complexity index is 2410. The molecule has 7 fully saturated rings. The van der Waals surface area contributed by atoms with Crippen molar-refractivity contribution in [2.45, 2.75) is 158 Å². The van der Waals surface area contributed by atoms with Gasteiger partial charge in [0.25, 0.3) is 0 Å². The maximum absolute atomic E-state index is 15.7. The molecule has 0 bridgehead atoms. The summed E-state index contributed by atoms with van der Waals surface area (Å²) in [6.07, 6.45) is 15.1. The second kappa shape index (κ2) is 16.5. The Balaban J connectivity index is 0.855. The summed E-state index contributed by atoms with van der Waals surface area (Å²) in [4.78, 5) is 50.6. The number of imidazole rings is 1. The van der Waals surface area contributed by atoms with Crippen molar-refractivity contribution in [3.05, 3.63) is 90.4 Å². The molecule has 7 aliphatic rings. The number of ether oxygens (including phenoxy) is 2. The zero-order valence-electron chi connectivity index (χ0n) is 42.2. The molecule has 6 saturated carbocycles. The van der Waals surface area contributed by atoms with E-state index < -0.39 is 5.41 Å². The Hall–Kier alpha value is -4.20. The van der Waals surface area contributed by atoms with Crippen LogP contribution in [0.15, 0.2) is 79.0 Å². The molecular weight excluding hydrogens is 831 g/mol. The second-order valence-corrected chi connectivity index (χ2v) is 25.0. The minimum Gasteiger partial charge on any atom is -0.462 e. The van der Waals surface area contributed by atoms with Crippen molar-refractivity contribution in [3.8, 4) is 11.3 Å². The molecule has 1 saturated heterocycles. The molecule has 1 aromatic heterocycles. The smallest absolute Gasteiger partial charge is 0.309 e. The average Bonchev–Trinajstić information content (AvgIpc) is 4.05. The van der Waals surface area contributed by atoms with Gasteiger partial charge in [-0.3, -0.25) is 14.4 Å². The van der Waals surface area contributed by atoms with Crippen molar-refractivity contribution in [1.82, 2.24) is 14.5 Å². The Labute approximate surface area is 401 Å². The van der Waals surface area contributed by atoms with Crippen LogP contribution in [-0.4, -0.2) is 44.9 Å². The zero-order valence-corrected chi connectivity index (χ0v) is 42.2. The lowest BCUT2D eigenvalue weighted by atomic mass is 9.32. The SMILES string of the molecule is C=C(C)[C@@H]1CC[C@]2(C(=O)N3CCC[C@H]3c3nc(-c4ccccc4)cn3C)CC[C@]3(C)[C@H](CCC4[C@@]5(C)CC[C@H](OC(=O)[C@H]6C[C@@H](C(=O)OCc7ccccc7)C6(C)C)C(C)(C)C5CC[C@]43C)C12. The third kappa shape index (κ3) is 6.99. The monoisotopic (exact) mass is 910 g/mol. The number of allylic oxidation sites excluding steroid dienone is 1. The third-order valence-electron chi connectivity index (χ3n) is 21.5. The van der Waals surface area contributed by atoms with E-state index in [0.717, 1.165) is 93.4 Å². The number of rotatable bonds is 9. The van der Waals surface area contributed by atoms with Crippen LogP contribution >= 0.6 is 0 Å². The number of likely N-dealkylation sites (tertiary alicyclic amines) is 1. The van der Waals surface area contributed by atoms with E-state index in [0.29, 0.717) is 41.9 Å². The van der Waals surface area contributed by atoms with Crippen LogP contribution in [0.4, 0.5) is 0 Å². The molecule has 2 aromatic carbocycles. The number of aryl methyl sites for hydroxylation is 1. The van der Waals surface area contributed by atoms with Gasteiger partial charge in [0.05, 0.1) is 29.0 Å². The first-order valence-corrected chi connectivity index (χ1v) is 26.2. The molecular formula is C59H79N3O5. The van der Waals surface area contributed by atoms with Crippen molar-refractivity contribution in [2.24, 2.45) is 81.0 Å². The maximum atomic E-state index is 15.7. The third-order valence-corrected chi connectivity index (χ3v) is 21.5. The predicted molar refractivity (Wildman–Crippen MR) is 263 cm³/mol. The number of carbonyl (C=O) groups is 3. The Kier molecular flexibility index (Phi) is 11.4. The van der Waals surface area contributed by atoms with E-state index in [2.05, 4.69) is 95.1 Å². The molecule has 6 aliphatic carbocycles. The van der Waals surface area contributed by atoms with Crippen LogP contribution in [0.3, 0.4) is 0 Å². The van der Waals surface area contributed by atoms with Gasteiger partial charge in [0.2, 0.25) is 5.91 Å². The van der Waals surface area contributed by atoms with Gasteiger partial charge in [0.15, 0.2) is 0 Å². The van der Waals surface area contributed by atoms with Gasteiger partial charge >= 0.3 is 11.9 Å². The number of aromatic nitrogens is 2. The molecule has 8 nitrogen and oxygen atoms in total. The molecule has 1 aliphatic heterocycles. The van der Waals surface area contributed by atoms with Gasteiger partial charge in [-0.2, -0.15) is 0 Å². The Morgan fingerprint density at radius 1 is 0.746 bits per heavy atom. The fraction of sp³-hybridized carbons (Fsp3) is 0.661. The van der Waals surface area contributed by atoms with E-state index in [1.54, 1.807) is 0 Å². The quantitative estimate of drug-likeness (QED) is 0.157. The molecule has 0 spiro atoms. The first-order chi connectivity index (χ1) is 31.8. The lowest BCUT2D eigenvalue weighted by molar-refractivity contribution is -0.251. The van der Waals surface area contributed by atoms with Crippen molar-refractivity contribution < 1.29 is 23.9 Å². The van der Waals surface area contributed by atoms with Crippen LogP contribution in [0.5, 0.6) is 0 Å². The fourth-order valence-electron chi connectivity index (χ4n) is 17.6. The zero-order chi connectivity index (χ0) is 47.5. The second-order valence-electron chi connectivity index (χ2n) is 25.0. The van der Waals surface area contributed by atoms with Crippen LogP contribution in [0.1, 0.15) is 156 Å². The standard InChI is InChI=1S/C59H79N3O5/c1-37(2)40-25-30-59(53(65)62-33-17-22-45(62)50-60-44(35-61(50)10)39-20-15-12-16-21-39)32-31-57(8)41(49(40)59)23-24-47-56(7)28-27-48(55(5,6)46(56)26-29-58(47,57)9)67-52(64)43-34-42(54(43,3)4)51(63)66-36-38-18-13-11-14-19-38/h11-16,18-21,35,40-43,45-49H,1,17,22-34,36H2,2-10H3/t40-,41+,42-,43+,45-,46?,47?,48-,49?,56-,57+,58+,59-/m0/s1. The van der Waals surface area contributed by atoms with Crippen molar-refractivity contribution in [3.63, 3.8) is 0 Å². The Morgan fingerprint density at radius 3 is 2.15 bits per heavy atom. The number of amides is 1. The van der Waals surface area contributed by atoms with E-state index in [4.69, 9.17) is 14.5 Å². The van der Waals surface area contributed by atoms with Crippen molar-refractivity contribution in [1.29, 1.82) is 0 Å². The van der Waals surface area contributed by atoms with Crippen LogP contribution in [0.25, 0.3) is 11.3 Å². The van der Waals surface area contributed by atoms with Crippen LogP contribution < -0.4 is 0 Å². The summed E-state index contributed by atoms with van der Waals surface area (Å²) in [7, 11) is 2.10. The number of carbonyl (C=O) groups excluding carboxylic acids is 3. The topological polar surface area (TPSA) is 90.7 Å². The highest BCUT2D eigenvalue weighted by Crippen LogP contribution is 2.78. The summed E-state index contributed by atoms with van der Waals surface area (Å²) in [5.74, 6) is 2.51. The number of hydrogen-bond donors (Lipinski definition) is 0. The highest BCUT2D eigenvalue weighted by molar-refractivity contribution is 5.85. The summed E-state index contributed by atoms with van der Waals surface area (Å²) in [5.41, 5.74) is 3.60. The summed E-state index contributed by atoms with van der Waals surface area (Å²) in [6.45, 7) is 24.7. The summed E-state index contributed by atoms with van der Waals surface area (Å²) in [5, 5.41) is 0. The largest absolute Gasteiger partial charge is 0.462 e. The van der Waals surface area contributed by atoms with Gasteiger partial charge in [-0.1, -0.05) is 121 Å². The van der Waals surface area contributed by atoms with Gasteiger partial charge in [0, 0.05) is 30.8 Å². The van der Waals surface area contributed by atoms with Crippen molar-refractivity contribution in [2.75, 3.05) is 6.54 Å². The molecule has 3 unspecified atom stereocenters. The fourth-order valence-corrected chi connectivity index (χ4v) is 17.6. The number of hydrogen-bond acceptors (Lipinski definition) is 6. The molecule has 2 heterocycles. The minimum absolute atomic E-state index is 0.00509. The van der Waals surface area contributed by atoms with Gasteiger partial charge < -0.3 is 18.9 Å². The highest BCUT2D eigenvalue weighted by Gasteiger charge is 2.73. The van der Waals surface area contributed by atoms with Gasteiger partial charge in [-0.05, 0) is 147 Å². The predicted octanol–water partition coefficient (Wildman–Crippen LogP) is 12.7. The minimum atomic E-state index is -0.523. The molecule has 1 amide bonds. The number of esters is 2. The molecule has 0 N–H and O–H groups in total. The van der Waals surface area contributed by atoms with E-state index in [9.17, 15) is 9.59 Å². The lowest BCUT2D eigenvalue weighted by Crippen LogP contribution is -2.67. The first kappa shape index (κ1) is 46.5. The molecule has 0 radical (unpaired) electrons. The normalized spacial score (nSPS) is 39.2. The van der Waals surface area contributed by atoms with Gasteiger partial charge in [-0.15, -0.1) is 0 Å². The molecule has 67 heavy (non-hydrogen) atoms. The van der Waals surface area contributed by atoms with Gasteiger partial charge in [-0.25, -0.2) is 4.98 Å². The Morgan fingerprint density at radius 2 is 1.45 bits per heavy atom. The lowest BCUT2D eigenvalue weighted by Gasteiger charge is -2.73. The summed E-state index contributed by atoms with van der Waals surface area (Å²) in [6, 6.07) is 20.2. The van der Waals surface area contributed by atoms with Crippen LogP contribution in [0.2, 0.25) is 0 Å². The summed E-state index contributed by atoms with van der Waals surface area (Å²) < 4.78 is 14.6. The molecule has 3 aromatic rings. The summed E-state index contributed by atoms with van der Waals surface area (Å²) >= 11 is 0. The maximum Gasteiger partial charge on any atom is 0.309 e. The van der Waals surface area contributed by atoms with Crippen LogP contribution in [0, 0.1) is 73.9 Å². The van der Waals surface area contributed by atoms with E-state index in [1.165, 1.54) is 18.4 Å². The van der Waals surface area contributed by atoms with E-state index >= 15 is 4.79 Å². The highest BCUT2D eigenvalue weighted by atomic mass is 16.5.